The maximum Gasteiger partial charge on any atom is 0.261 e. The molecule has 80 valence electrons. The van der Waals surface area contributed by atoms with Crippen molar-refractivity contribution in [2.45, 2.75) is 32.6 Å². The molecule has 2 N–H and O–H groups in total. The molecule has 7 heteroatoms. The highest BCUT2D eigenvalue weighted by Gasteiger charge is 2.11. The monoisotopic (exact) mass is 235 g/mol. The van der Waals surface area contributed by atoms with Crippen molar-refractivity contribution >= 4 is 27.7 Å². The third-order valence-corrected chi connectivity index (χ3v) is 3.33. The number of nitrogens with one attached hydrogen (secondary N) is 1. The molecule has 0 aliphatic carbocycles. The molecule has 0 aliphatic rings. The molecule has 0 radical (unpaired) electrons. The SMILES string of the molecule is CCCC(C)c1nnc(NS(=O)O)s1. The Bertz CT molecular complexity index is 316. The van der Waals surface area contributed by atoms with E-state index in [2.05, 4.69) is 28.8 Å². The highest BCUT2D eigenvalue weighted by Crippen LogP contribution is 2.26. The molecular formula is C7H13N3O2S2. The summed E-state index contributed by atoms with van der Waals surface area (Å²) in [4.78, 5) is 0. The molecule has 0 fully saturated rings. The van der Waals surface area contributed by atoms with E-state index in [1.165, 1.54) is 11.3 Å². The molecule has 1 aromatic rings. The fourth-order valence-corrected chi connectivity index (χ4v) is 2.36. The summed E-state index contributed by atoms with van der Waals surface area (Å²) in [5, 5.41) is 9.01. The first-order chi connectivity index (χ1) is 6.63. The van der Waals surface area contributed by atoms with Crippen LogP contribution in [0.1, 0.15) is 37.6 Å². The van der Waals surface area contributed by atoms with Crippen LogP contribution in [0, 0.1) is 0 Å². The predicted molar refractivity (Wildman–Crippen MR) is 57.6 cm³/mol. The zero-order chi connectivity index (χ0) is 10.6. The Morgan fingerprint density at radius 2 is 2.36 bits per heavy atom. The van der Waals surface area contributed by atoms with Crippen molar-refractivity contribution in [2.24, 2.45) is 0 Å². The minimum Gasteiger partial charge on any atom is -0.289 e. The van der Waals surface area contributed by atoms with Crippen LogP contribution in [0.2, 0.25) is 0 Å². The second kappa shape index (κ2) is 5.38. The van der Waals surface area contributed by atoms with Crippen LogP contribution in [-0.4, -0.2) is 19.0 Å². The molecule has 0 amide bonds. The van der Waals surface area contributed by atoms with Crippen LogP contribution in [0.5, 0.6) is 0 Å². The Labute approximate surface area is 89.4 Å². The van der Waals surface area contributed by atoms with Gasteiger partial charge in [-0.1, -0.05) is 31.6 Å². The molecule has 2 unspecified atom stereocenters. The van der Waals surface area contributed by atoms with Crippen molar-refractivity contribution in [1.29, 1.82) is 0 Å². The molecule has 0 aliphatic heterocycles. The number of hydrogen-bond acceptors (Lipinski definition) is 4. The van der Waals surface area contributed by atoms with Crippen molar-refractivity contribution in [1.82, 2.24) is 10.2 Å². The van der Waals surface area contributed by atoms with Gasteiger partial charge in [-0.25, -0.2) is 4.21 Å². The van der Waals surface area contributed by atoms with E-state index < -0.39 is 11.3 Å². The quantitative estimate of drug-likeness (QED) is 0.765. The molecule has 0 bridgehead atoms. The third kappa shape index (κ3) is 3.32. The van der Waals surface area contributed by atoms with Crippen molar-refractivity contribution in [3.05, 3.63) is 5.01 Å². The first-order valence-corrected chi connectivity index (χ1v) is 6.26. The molecule has 0 saturated heterocycles. The Hall–Kier alpha value is -0.530. The summed E-state index contributed by atoms with van der Waals surface area (Å²) in [6.45, 7) is 4.18. The lowest BCUT2D eigenvalue weighted by molar-refractivity contribution is 0.570. The summed E-state index contributed by atoms with van der Waals surface area (Å²) in [7, 11) is 0. The van der Waals surface area contributed by atoms with Crippen LogP contribution in [0.25, 0.3) is 0 Å². The first-order valence-electron chi connectivity index (χ1n) is 4.34. The molecule has 14 heavy (non-hydrogen) atoms. The van der Waals surface area contributed by atoms with Gasteiger partial charge >= 0.3 is 0 Å². The van der Waals surface area contributed by atoms with E-state index in [1.807, 2.05) is 0 Å². The lowest BCUT2D eigenvalue weighted by Gasteiger charge is -2.02. The van der Waals surface area contributed by atoms with Gasteiger partial charge in [0.1, 0.15) is 5.01 Å². The summed E-state index contributed by atoms with van der Waals surface area (Å²) >= 11 is -0.739. The maximum atomic E-state index is 10.4. The highest BCUT2D eigenvalue weighted by molar-refractivity contribution is 7.80. The van der Waals surface area contributed by atoms with Gasteiger partial charge in [-0.2, -0.15) is 0 Å². The minimum absolute atomic E-state index is 0.361. The van der Waals surface area contributed by atoms with E-state index in [-0.39, 0.29) is 0 Å². The van der Waals surface area contributed by atoms with E-state index in [0.29, 0.717) is 11.0 Å². The molecule has 5 nitrogen and oxygen atoms in total. The van der Waals surface area contributed by atoms with Gasteiger partial charge in [0.25, 0.3) is 11.3 Å². The average molecular weight is 235 g/mol. The number of anilines is 1. The molecule has 0 aromatic carbocycles. The van der Waals surface area contributed by atoms with Crippen molar-refractivity contribution in [2.75, 3.05) is 4.72 Å². The molecule has 1 rings (SSSR count). The zero-order valence-electron chi connectivity index (χ0n) is 8.06. The number of rotatable bonds is 5. The standard InChI is InChI=1S/C7H13N3O2S2/c1-3-4-5(2)6-8-9-7(13-6)10-14(11)12/h5H,3-4H2,1-2H3,(H,9,10)(H,11,12). The second-order valence-electron chi connectivity index (χ2n) is 2.99. The topological polar surface area (TPSA) is 75.1 Å². The smallest absolute Gasteiger partial charge is 0.261 e. The van der Waals surface area contributed by atoms with Crippen LogP contribution >= 0.6 is 11.3 Å². The Kier molecular flexibility index (Phi) is 4.43. The van der Waals surface area contributed by atoms with Crippen LogP contribution in [0.15, 0.2) is 0 Å². The highest BCUT2D eigenvalue weighted by atomic mass is 32.2. The molecule has 1 heterocycles. The van der Waals surface area contributed by atoms with E-state index in [9.17, 15) is 4.21 Å². The van der Waals surface area contributed by atoms with E-state index >= 15 is 0 Å². The lowest BCUT2D eigenvalue weighted by Crippen LogP contribution is -2.00. The van der Waals surface area contributed by atoms with Crippen molar-refractivity contribution in [3.63, 3.8) is 0 Å². The van der Waals surface area contributed by atoms with Crippen molar-refractivity contribution in [3.8, 4) is 0 Å². The normalized spacial score (nSPS) is 15.1. The zero-order valence-corrected chi connectivity index (χ0v) is 9.69. The molecular weight excluding hydrogens is 222 g/mol. The number of aromatic nitrogens is 2. The van der Waals surface area contributed by atoms with Gasteiger partial charge in [-0.3, -0.25) is 9.27 Å². The Morgan fingerprint density at radius 3 is 2.93 bits per heavy atom. The Morgan fingerprint density at radius 1 is 1.64 bits per heavy atom. The minimum atomic E-state index is -2.06. The van der Waals surface area contributed by atoms with E-state index in [0.717, 1.165) is 17.8 Å². The summed E-state index contributed by atoms with van der Waals surface area (Å²) < 4.78 is 21.3. The predicted octanol–water partition coefficient (Wildman–Crippen LogP) is 1.99. The second-order valence-corrected chi connectivity index (χ2v) is 4.70. The van der Waals surface area contributed by atoms with E-state index in [1.54, 1.807) is 0 Å². The summed E-state index contributed by atoms with van der Waals surface area (Å²) in [6.07, 6.45) is 2.15. The number of hydrogen-bond donors (Lipinski definition) is 2. The van der Waals surface area contributed by atoms with Gasteiger partial charge in [0.05, 0.1) is 0 Å². The van der Waals surface area contributed by atoms with Gasteiger partial charge in [-0.15, -0.1) is 10.2 Å². The van der Waals surface area contributed by atoms with Gasteiger partial charge < -0.3 is 0 Å². The largest absolute Gasteiger partial charge is 0.289 e. The van der Waals surface area contributed by atoms with Crippen LogP contribution in [0.4, 0.5) is 5.13 Å². The van der Waals surface area contributed by atoms with Gasteiger partial charge in [0.2, 0.25) is 5.13 Å². The summed E-state index contributed by atoms with van der Waals surface area (Å²) in [6, 6.07) is 0. The average Bonchev–Trinajstić information content (AvgIpc) is 2.52. The van der Waals surface area contributed by atoms with Gasteiger partial charge in [0, 0.05) is 5.92 Å². The molecule has 0 spiro atoms. The number of nitrogens with zero attached hydrogens (tertiary/aromatic N) is 2. The first kappa shape index (κ1) is 11.5. The fraction of sp³-hybridized carbons (Fsp3) is 0.714. The van der Waals surface area contributed by atoms with Crippen LogP contribution in [0.3, 0.4) is 0 Å². The summed E-state index contributed by atoms with van der Waals surface area (Å²) in [5.74, 6) is 0.361. The van der Waals surface area contributed by atoms with Crippen molar-refractivity contribution < 1.29 is 8.76 Å². The molecule has 2 atom stereocenters. The fourth-order valence-electron chi connectivity index (χ4n) is 1.11. The van der Waals surface area contributed by atoms with Crippen LogP contribution < -0.4 is 4.72 Å². The lowest BCUT2D eigenvalue weighted by atomic mass is 10.1. The van der Waals surface area contributed by atoms with Gasteiger partial charge in [-0.05, 0) is 6.42 Å². The van der Waals surface area contributed by atoms with Gasteiger partial charge in [0.15, 0.2) is 0 Å². The van der Waals surface area contributed by atoms with E-state index in [4.69, 9.17) is 4.55 Å². The third-order valence-electron chi connectivity index (χ3n) is 1.76. The Balaban J connectivity index is 2.62. The molecule has 0 saturated carbocycles. The molecule has 1 aromatic heterocycles. The summed E-state index contributed by atoms with van der Waals surface area (Å²) in [5.41, 5.74) is 0. The van der Waals surface area contributed by atoms with Crippen LogP contribution in [-0.2, 0) is 11.3 Å². The maximum absolute atomic E-state index is 10.4.